The van der Waals surface area contributed by atoms with E-state index in [4.69, 9.17) is 0 Å². The minimum atomic E-state index is -3.70. The van der Waals surface area contributed by atoms with E-state index in [-0.39, 0.29) is 4.90 Å². The van der Waals surface area contributed by atoms with Crippen LogP contribution in [0.5, 0.6) is 0 Å². The monoisotopic (exact) mass is 334 g/mol. The number of benzene rings is 1. The van der Waals surface area contributed by atoms with Gasteiger partial charge in [-0.3, -0.25) is 4.98 Å². The highest BCUT2D eigenvalue weighted by molar-refractivity contribution is 7.89. The van der Waals surface area contributed by atoms with Crippen molar-refractivity contribution in [3.63, 3.8) is 0 Å². The largest absolute Gasteiger partial charge is 0.389 e. The van der Waals surface area contributed by atoms with E-state index < -0.39 is 21.7 Å². The zero-order chi connectivity index (χ0) is 16.8. The highest BCUT2D eigenvalue weighted by Crippen LogP contribution is 2.34. The van der Waals surface area contributed by atoms with Crippen molar-refractivity contribution in [2.45, 2.75) is 50.2 Å². The number of aliphatic hydroxyl groups is 1. The zero-order valence-electron chi connectivity index (χ0n) is 13.7. The van der Waals surface area contributed by atoms with Crippen LogP contribution in [0, 0.1) is 6.92 Å². The Morgan fingerprint density at radius 3 is 2.78 bits per heavy atom. The Kier molecular flexibility index (Phi) is 3.94. The molecule has 0 aliphatic carbocycles. The van der Waals surface area contributed by atoms with Crippen LogP contribution < -0.4 is 0 Å². The van der Waals surface area contributed by atoms with Gasteiger partial charge in [-0.25, -0.2) is 8.42 Å². The fraction of sp³-hybridized carbons (Fsp3) is 0.471. The lowest BCUT2D eigenvalue weighted by molar-refractivity contribution is 0.0215. The van der Waals surface area contributed by atoms with Crippen LogP contribution in [0.2, 0.25) is 0 Å². The maximum Gasteiger partial charge on any atom is 0.245 e. The topological polar surface area (TPSA) is 70.5 Å². The van der Waals surface area contributed by atoms with E-state index in [9.17, 15) is 13.5 Å². The smallest absolute Gasteiger partial charge is 0.245 e. The molecular weight excluding hydrogens is 312 g/mol. The van der Waals surface area contributed by atoms with Gasteiger partial charge in [0.1, 0.15) is 4.90 Å². The van der Waals surface area contributed by atoms with Gasteiger partial charge in [-0.2, -0.15) is 4.31 Å². The molecule has 6 heteroatoms. The SMILES string of the molecule is Cc1cnc2c(S(=O)(=O)N3CCCC3C(C)(C)O)cccc2c1. The molecule has 1 N–H and O–H groups in total. The molecular formula is C17H22N2O3S. The van der Waals surface area contributed by atoms with Gasteiger partial charge in [-0.1, -0.05) is 12.1 Å². The lowest BCUT2D eigenvalue weighted by Crippen LogP contribution is -2.48. The molecule has 0 amide bonds. The summed E-state index contributed by atoms with van der Waals surface area (Å²) in [6.07, 6.45) is 3.10. The highest BCUT2D eigenvalue weighted by Gasteiger charge is 2.43. The minimum absolute atomic E-state index is 0.214. The molecule has 0 radical (unpaired) electrons. The summed E-state index contributed by atoms with van der Waals surface area (Å²) in [5.74, 6) is 0. The molecule has 1 fully saturated rings. The van der Waals surface area contributed by atoms with Gasteiger partial charge in [-0.15, -0.1) is 0 Å². The average molecular weight is 334 g/mol. The molecule has 1 aromatic heterocycles. The molecule has 1 aliphatic rings. The van der Waals surface area contributed by atoms with Crippen LogP contribution in [0.3, 0.4) is 0 Å². The summed E-state index contributed by atoms with van der Waals surface area (Å²) in [5.41, 5.74) is 0.403. The van der Waals surface area contributed by atoms with Gasteiger partial charge < -0.3 is 5.11 Å². The standard InChI is InChI=1S/C17H22N2O3S/c1-12-10-13-6-4-7-14(16(13)18-11-12)23(21,22)19-9-5-8-15(19)17(2,3)20/h4,6-7,10-11,15,20H,5,8-9H2,1-3H3. The van der Waals surface area contributed by atoms with Crippen molar-refractivity contribution in [2.24, 2.45) is 0 Å². The van der Waals surface area contributed by atoms with Gasteiger partial charge in [0.25, 0.3) is 0 Å². The maximum atomic E-state index is 13.2. The number of hydrogen-bond donors (Lipinski definition) is 1. The Hall–Kier alpha value is -1.50. The second-order valence-corrected chi connectivity index (χ2v) is 8.63. The first-order valence-corrected chi connectivity index (χ1v) is 9.25. The van der Waals surface area contributed by atoms with E-state index in [1.54, 1.807) is 32.2 Å². The maximum absolute atomic E-state index is 13.2. The van der Waals surface area contributed by atoms with Crippen LogP contribution in [0.25, 0.3) is 10.9 Å². The lowest BCUT2D eigenvalue weighted by atomic mass is 9.98. The Labute approximate surface area is 137 Å². The molecule has 5 nitrogen and oxygen atoms in total. The molecule has 124 valence electrons. The molecule has 1 saturated heterocycles. The first-order chi connectivity index (χ1) is 10.7. The van der Waals surface area contributed by atoms with Gasteiger partial charge in [-0.05, 0) is 51.3 Å². The van der Waals surface area contributed by atoms with Crippen molar-refractivity contribution in [1.29, 1.82) is 0 Å². The summed E-state index contributed by atoms with van der Waals surface area (Å²) in [6.45, 7) is 5.68. The third-order valence-corrected chi connectivity index (χ3v) is 6.36. The van der Waals surface area contributed by atoms with Crippen molar-refractivity contribution in [1.82, 2.24) is 9.29 Å². The number of rotatable bonds is 3. The van der Waals surface area contributed by atoms with E-state index in [1.165, 1.54) is 4.31 Å². The Balaban J connectivity index is 2.14. The minimum Gasteiger partial charge on any atom is -0.389 e. The molecule has 1 atom stereocenters. The normalized spacial score (nSPS) is 20.3. The molecule has 1 aliphatic heterocycles. The predicted octanol–water partition coefficient (Wildman–Crippen LogP) is 2.47. The third-order valence-electron chi connectivity index (χ3n) is 4.42. The van der Waals surface area contributed by atoms with Gasteiger partial charge in [0.05, 0.1) is 17.2 Å². The van der Waals surface area contributed by atoms with Crippen molar-refractivity contribution in [2.75, 3.05) is 6.54 Å². The number of fused-ring (bicyclic) bond motifs is 1. The van der Waals surface area contributed by atoms with Crippen LogP contribution in [-0.2, 0) is 10.0 Å². The molecule has 1 unspecified atom stereocenters. The number of aryl methyl sites for hydroxylation is 1. The number of hydrogen-bond acceptors (Lipinski definition) is 4. The van der Waals surface area contributed by atoms with Crippen LogP contribution in [0.4, 0.5) is 0 Å². The average Bonchev–Trinajstić information content (AvgIpc) is 2.96. The van der Waals surface area contributed by atoms with Crippen molar-refractivity contribution in [3.05, 3.63) is 36.0 Å². The van der Waals surface area contributed by atoms with Gasteiger partial charge in [0, 0.05) is 18.1 Å². The number of para-hydroxylation sites is 1. The summed E-state index contributed by atoms with van der Waals surface area (Å²) in [7, 11) is -3.70. The zero-order valence-corrected chi connectivity index (χ0v) is 14.5. The van der Waals surface area contributed by atoms with E-state index in [0.717, 1.165) is 17.4 Å². The molecule has 2 heterocycles. The van der Waals surface area contributed by atoms with Crippen molar-refractivity contribution in [3.8, 4) is 0 Å². The van der Waals surface area contributed by atoms with Crippen LogP contribution >= 0.6 is 0 Å². The van der Waals surface area contributed by atoms with Crippen LogP contribution in [0.15, 0.2) is 35.4 Å². The van der Waals surface area contributed by atoms with Crippen molar-refractivity contribution < 1.29 is 13.5 Å². The quantitative estimate of drug-likeness (QED) is 0.936. The molecule has 0 bridgehead atoms. The Bertz CT molecular complexity index is 841. The summed E-state index contributed by atoms with van der Waals surface area (Å²) in [5, 5.41) is 11.1. The second-order valence-electron chi connectivity index (χ2n) is 6.77. The summed E-state index contributed by atoms with van der Waals surface area (Å²) in [6, 6.07) is 6.73. The number of nitrogens with zero attached hydrogens (tertiary/aromatic N) is 2. The Morgan fingerprint density at radius 2 is 2.09 bits per heavy atom. The Morgan fingerprint density at radius 1 is 1.35 bits per heavy atom. The molecule has 0 spiro atoms. The molecule has 23 heavy (non-hydrogen) atoms. The summed E-state index contributed by atoms with van der Waals surface area (Å²) in [4.78, 5) is 4.55. The van der Waals surface area contributed by atoms with Gasteiger partial charge in [0.2, 0.25) is 10.0 Å². The van der Waals surface area contributed by atoms with Crippen LogP contribution in [0.1, 0.15) is 32.3 Å². The third kappa shape index (κ3) is 2.86. The number of sulfonamides is 1. The fourth-order valence-corrected chi connectivity index (χ4v) is 5.30. The molecule has 0 saturated carbocycles. The molecule has 2 aromatic rings. The van der Waals surface area contributed by atoms with Gasteiger partial charge in [0.15, 0.2) is 0 Å². The summed E-state index contributed by atoms with van der Waals surface area (Å²) >= 11 is 0. The predicted molar refractivity (Wildman–Crippen MR) is 89.7 cm³/mol. The van der Waals surface area contributed by atoms with E-state index in [1.807, 2.05) is 19.1 Å². The molecule has 3 rings (SSSR count). The summed E-state index contributed by atoms with van der Waals surface area (Å²) < 4.78 is 27.8. The van der Waals surface area contributed by atoms with Crippen molar-refractivity contribution >= 4 is 20.9 Å². The van der Waals surface area contributed by atoms with E-state index in [0.29, 0.717) is 18.5 Å². The second kappa shape index (κ2) is 5.54. The van der Waals surface area contributed by atoms with E-state index >= 15 is 0 Å². The first kappa shape index (κ1) is 16.4. The van der Waals surface area contributed by atoms with Gasteiger partial charge >= 0.3 is 0 Å². The van der Waals surface area contributed by atoms with E-state index in [2.05, 4.69) is 4.98 Å². The lowest BCUT2D eigenvalue weighted by Gasteiger charge is -2.33. The van der Waals surface area contributed by atoms with Crippen LogP contribution in [-0.4, -0.2) is 41.0 Å². The fourth-order valence-electron chi connectivity index (χ4n) is 3.31. The first-order valence-electron chi connectivity index (χ1n) is 7.81. The number of aromatic nitrogens is 1. The molecule has 1 aromatic carbocycles. The highest BCUT2D eigenvalue weighted by atomic mass is 32.2. The number of pyridine rings is 1.